The first-order valence-corrected chi connectivity index (χ1v) is 8.03. The van der Waals surface area contributed by atoms with E-state index < -0.39 is 5.60 Å². The van der Waals surface area contributed by atoms with Crippen LogP contribution in [0.3, 0.4) is 0 Å². The molecule has 1 aliphatic heterocycles. The van der Waals surface area contributed by atoms with Crippen molar-refractivity contribution in [3.63, 3.8) is 0 Å². The fourth-order valence-electron chi connectivity index (χ4n) is 2.35. The van der Waals surface area contributed by atoms with Gasteiger partial charge in [-0.3, -0.25) is 4.79 Å². The molecule has 2 amide bonds. The van der Waals surface area contributed by atoms with Crippen LogP contribution >= 0.6 is 11.6 Å². The summed E-state index contributed by atoms with van der Waals surface area (Å²) in [5, 5.41) is 3.13. The number of halogens is 1. The number of carbonyl (C=O) groups excluding carboxylic acids is 2. The van der Waals surface area contributed by atoms with Crippen molar-refractivity contribution in [2.75, 3.05) is 13.1 Å². The molecule has 0 saturated carbocycles. The summed E-state index contributed by atoms with van der Waals surface area (Å²) >= 11 is 5.92. The van der Waals surface area contributed by atoms with Crippen molar-refractivity contribution in [2.45, 2.75) is 45.3 Å². The van der Waals surface area contributed by atoms with E-state index in [1.165, 1.54) is 0 Å². The maximum absolute atomic E-state index is 12.2. The minimum atomic E-state index is -0.501. The lowest BCUT2D eigenvalue weighted by Gasteiger charge is -2.33. The van der Waals surface area contributed by atoms with E-state index in [2.05, 4.69) is 10.3 Å². The van der Waals surface area contributed by atoms with Crippen LogP contribution in [0.5, 0.6) is 0 Å². The Balaban J connectivity index is 1.84. The van der Waals surface area contributed by atoms with Gasteiger partial charge in [-0.05, 0) is 45.7 Å². The van der Waals surface area contributed by atoms with Crippen molar-refractivity contribution in [1.29, 1.82) is 0 Å². The van der Waals surface area contributed by atoms with Crippen molar-refractivity contribution in [2.24, 2.45) is 0 Å². The number of aromatic nitrogens is 1. The zero-order valence-corrected chi connectivity index (χ0v) is 14.4. The molecule has 2 heterocycles. The van der Waals surface area contributed by atoms with Crippen molar-refractivity contribution >= 4 is 23.6 Å². The third kappa shape index (κ3) is 5.10. The first-order chi connectivity index (χ1) is 10.8. The van der Waals surface area contributed by atoms with Crippen LogP contribution in [-0.4, -0.2) is 46.6 Å². The van der Waals surface area contributed by atoms with Gasteiger partial charge in [0.05, 0.1) is 5.56 Å². The summed E-state index contributed by atoms with van der Waals surface area (Å²) in [5.41, 5.74) is -0.136. The van der Waals surface area contributed by atoms with Gasteiger partial charge in [-0.1, -0.05) is 11.6 Å². The largest absolute Gasteiger partial charge is 0.444 e. The van der Waals surface area contributed by atoms with Crippen LogP contribution in [0.25, 0.3) is 0 Å². The van der Waals surface area contributed by atoms with Crippen molar-refractivity contribution in [3.05, 3.63) is 29.0 Å². The fourth-order valence-corrected chi connectivity index (χ4v) is 2.56. The number of nitrogens with zero attached hydrogens (tertiary/aromatic N) is 2. The number of pyridine rings is 1. The molecule has 2 rings (SSSR count). The van der Waals surface area contributed by atoms with E-state index in [0.29, 0.717) is 31.5 Å². The maximum Gasteiger partial charge on any atom is 0.410 e. The van der Waals surface area contributed by atoms with E-state index in [1.54, 1.807) is 23.2 Å². The Labute approximate surface area is 141 Å². The van der Waals surface area contributed by atoms with E-state index in [9.17, 15) is 9.59 Å². The molecule has 6 nitrogen and oxygen atoms in total. The monoisotopic (exact) mass is 339 g/mol. The number of rotatable bonds is 2. The summed E-state index contributed by atoms with van der Waals surface area (Å²) in [6.07, 6.45) is 2.60. The Kier molecular flexibility index (Phi) is 5.46. The molecule has 1 fully saturated rings. The quantitative estimate of drug-likeness (QED) is 0.841. The Morgan fingerprint density at radius 3 is 2.57 bits per heavy atom. The van der Waals surface area contributed by atoms with E-state index in [-0.39, 0.29) is 23.2 Å². The van der Waals surface area contributed by atoms with Gasteiger partial charge in [-0.25, -0.2) is 9.78 Å². The summed E-state index contributed by atoms with van der Waals surface area (Å²) < 4.78 is 5.35. The van der Waals surface area contributed by atoms with Gasteiger partial charge >= 0.3 is 6.09 Å². The number of piperidine rings is 1. The molecule has 1 saturated heterocycles. The lowest BCUT2D eigenvalue weighted by molar-refractivity contribution is 0.0199. The number of ether oxygens (including phenoxy) is 1. The van der Waals surface area contributed by atoms with Crippen LogP contribution < -0.4 is 5.32 Å². The van der Waals surface area contributed by atoms with Crippen LogP contribution in [0.1, 0.15) is 44.0 Å². The van der Waals surface area contributed by atoms with E-state index in [4.69, 9.17) is 16.3 Å². The standard InChI is InChI=1S/C16H22ClN3O3/c1-16(2,3)23-15(22)20-9-6-11(7-10-20)19-14(21)12-5-4-8-18-13(12)17/h4-5,8,11H,6-7,9-10H2,1-3H3,(H,19,21). The zero-order valence-electron chi connectivity index (χ0n) is 13.6. The number of hydrogen-bond acceptors (Lipinski definition) is 4. The third-order valence-electron chi connectivity index (χ3n) is 3.49. The molecule has 1 aromatic heterocycles. The van der Waals surface area contributed by atoms with Crippen molar-refractivity contribution in [3.8, 4) is 0 Å². The molecule has 23 heavy (non-hydrogen) atoms. The molecule has 1 aliphatic rings. The second-order valence-electron chi connectivity index (χ2n) is 6.56. The lowest BCUT2D eigenvalue weighted by Crippen LogP contribution is -2.47. The predicted molar refractivity (Wildman–Crippen MR) is 87.5 cm³/mol. The third-order valence-corrected chi connectivity index (χ3v) is 3.79. The molecule has 7 heteroatoms. The van der Waals surface area contributed by atoms with Gasteiger partial charge in [0.1, 0.15) is 10.8 Å². The van der Waals surface area contributed by atoms with Gasteiger partial charge in [0.2, 0.25) is 0 Å². The smallest absolute Gasteiger partial charge is 0.410 e. The molecule has 1 N–H and O–H groups in total. The van der Waals surface area contributed by atoms with Gasteiger partial charge in [-0.15, -0.1) is 0 Å². The number of carbonyl (C=O) groups is 2. The van der Waals surface area contributed by atoms with E-state index in [0.717, 1.165) is 0 Å². The van der Waals surface area contributed by atoms with E-state index in [1.807, 2.05) is 20.8 Å². The van der Waals surface area contributed by atoms with Crippen LogP contribution in [-0.2, 0) is 4.74 Å². The molecule has 0 unspecified atom stereocenters. The first-order valence-electron chi connectivity index (χ1n) is 7.65. The summed E-state index contributed by atoms with van der Waals surface area (Å²) in [4.78, 5) is 29.8. The number of likely N-dealkylation sites (tertiary alicyclic amines) is 1. The highest BCUT2D eigenvalue weighted by molar-refractivity contribution is 6.32. The van der Waals surface area contributed by atoms with Crippen LogP contribution in [0.4, 0.5) is 4.79 Å². The summed E-state index contributed by atoms with van der Waals surface area (Å²) in [6.45, 7) is 6.64. The molecule has 0 aromatic carbocycles. The molecule has 1 aromatic rings. The molecule has 126 valence electrons. The number of nitrogens with one attached hydrogen (secondary N) is 1. The first kappa shape index (κ1) is 17.5. The van der Waals surface area contributed by atoms with Gasteiger partial charge in [0, 0.05) is 25.3 Å². The second kappa shape index (κ2) is 7.17. The summed E-state index contributed by atoms with van der Waals surface area (Å²) in [5.74, 6) is -0.237. The van der Waals surface area contributed by atoms with Crippen LogP contribution in [0.2, 0.25) is 5.15 Å². The zero-order chi connectivity index (χ0) is 17.0. The summed E-state index contributed by atoms with van der Waals surface area (Å²) in [7, 11) is 0. The Morgan fingerprint density at radius 2 is 2.00 bits per heavy atom. The van der Waals surface area contributed by atoms with Gasteiger partial charge in [0.15, 0.2) is 0 Å². The minimum absolute atomic E-state index is 0.0115. The highest BCUT2D eigenvalue weighted by Crippen LogP contribution is 2.17. The topological polar surface area (TPSA) is 71.5 Å². The van der Waals surface area contributed by atoms with Gasteiger partial charge in [0.25, 0.3) is 5.91 Å². The number of hydrogen-bond donors (Lipinski definition) is 1. The molecule has 0 radical (unpaired) electrons. The summed E-state index contributed by atoms with van der Waals surface area (Å²) in [6, 6.07) is 3.32. The van der Waals surface area contributed by atoms with Crippen LogP contribution in [0, 0.1) is 0 Å². The molecule has 0 bridgehead atoms. The molecular weight excluding hydrogens is 318 g/mol. The average molecular weight is 340 g/mol. The Hall–Kier alpha value is -1.82. The highest BCUT2D eigenvalue weighted by Gasteiger charge is 2.27. The molecule has 0 aliphatic carbocycles. The molecule has 0 atom stereocenters. The minimum Gasteiger partial charge on any atom is -0.444 e. The Bertz CT molecular complexity index is 578. The van der Waals surface area contributed by atoms with Crippen molar-refractivity contribution in [1.82, 2.24) is 15.2 Å². The highest BCUT2D eigenvalue weighted by atomic mass is 35.5. The SMILES string of the molecule is CC(C)(C)OC(=O)N1CCC(NC(=O)c2cccnc2Cl)CC1. The predicted octanol–water partition coefficient (Wildman–Crippen LogP) is 2.86. The van der Waals surface area contributed by atoms with Crippen molar-refractivity contribution < 1.29 is 14.3 Å². The normalized spacial score (nSPS) is 16.1. The Morgan fingerprint density at radius 1 is 1.35 bits per heavy atom. The maximum atomic E-state index is 12.2. The molecular formula is C16H22ClN3O3. The average Bonchev–Trinajstić information content (AvgIpc) is 2.46. The molecule has 0 spiro atoms. The second-order valence-corrected chi connectivity index (χ2v) is 6.91. The van der Waals surface area contributed by atoms with E-state index >= 15 is 0 Å². The number of amides is 2. The van der Waals surface area contributed by atoms with Crippen LogP contribution in [0.15, 0.2) is 18.3 Å². The van der Waals surface area contributed by atoms with Gasteiger partial charge in [-0.2, -0.15) is 0 Å². The van der Waals surface area contributed by atoms with Gasteiger partial charge < -0.3 is 15.0 Å². The lowest BCUT2D eigenvalue weighted by atomic mass is 10.0. The fraction of sp³-hybridized carbons (Fsp3) is 0.562.